The lowest BCUT2D eigenvalue weighted by Gasteiger charge is -2.11. The van der Waals surface area contributed by atoms with Crippen LogP contribution in [-0.2, 0) is 17.7 Å². The van der Waals surface area contributed by atoms with Gasteiger partial charge in [-0.15, -0.1) is 24.0 Å². The molecule has 0 aliphatic heterocycles. The van der Waals surface area contributed by atoms with Crippen molar-refractivity contribution >= 4 is 29.9 Å². The number of aliphatic imine (C=N–C) groups is 1. The van der Waals surface area contributed by atoms with E-state index in [9.17, 15) is 4.39 Å². The molecular formula is C22H31FIN3O. The van der Waals surface area contributed by atoms with Crippen LogP contribution in [0.1, 0.15) is 30.9 Å². The fraction of sp³-hybridized carbons (Fsp3) is 0.409. The molecule has 0 aliphatic carbocycles. The van der Waals surface area contributed by atoms with Gasteiger partial charge in [0.1, 0.15) is 5.82 Å². The van der Waals surface area contributed by atoms with Gasteiger partial charge in [0.25, 0.3) is 0 Å². The number of ether oxygens (including phenoxy) is 1. The molecule has 0 heterocycles. The Morgan fingerprint density at radius 2 is 1.68 bits per heavy atom. The molecule has 154 valence electrons. The van der Waals surface area contributed by atoms with Crippen LogP contribution in [0, 0.1) is 5.82 Å². The van der Waals surface area contributed by atoms with Crippen LogP contribution in [0.15, 0.2) is 59.6 Å². The molecule has 0 amide bonds. The van der Waals surface area contributed by atoms with E-state index in [1.54, 1.807) is 12.1 Å². The summed E-state index contributed by atoms with van der Waals surface area (Å²) >= 11 is 0. The second-order valence-corrected chi connectivity index (χ2v) is 6.30. The van der Waals surface area contributed by atoms with Crippen LogP contribution in [-0.4, -0.2) is 32.3 Å². The summed E-state index contributed by atoms with van der Waals surface area (Å²) in [6.07, 6.45) is 2.99. The minimum atomic E-state index is -0.223. The molecule has 0 saturated heterocycles. The van der Waals surface area contributed by atoms with E-state index >= 15 is 0 Å². The average Bonchev–Trinajstić information content (AvgIpc) is 2.70. The van der Waals surface area contributed by atoms with Crippen molar-refractivity contribution in [2.24, 2.45) is 4.99 Å². The summed E-state index contributed by atoms with van der Waals surface area (Å²) in [5.74, 6) is 0.561. The summed E-state index contributed by atoms with van der Waals surface area (Å²) in [6, 6.07) is 16.8. The second-order valence-electron chi connectivity index (χ2n) is 6.30. The largest absolute Gasteiger partial charge is 0.381 e. The van der Waals surface area contributed by atoms with Gasteiger partial charge in [-0.25, -0.2) is 9.38 Å². The first-order chi connectivity index (χ1) is 13.3. The summed E-state index contributed by atoms with van der Waals surface area (Å²) in [7, 11) is 0. The maximum Gasteiger partial charge on any atom is 0.191 e. The molecule has 0 radical (unpaired) electrons. The van der Waals surface area contributed by atoms with E-state index in [1.165, 1.54) is 17.7 Å². The number of hydrogen-bond acceptors (Lipinski definition) is 2. The average molecular weight is 499 g/mol. The van der Waals surface area contributed by atoms with E-state index in [0.717, 1.165) is 57.1 Å². The maximum absolute atomic E-state index is 12.9. The Balaban J connectivity index is 0.00000392. The van der Waals surface area contributed by atoms with Gasteiger partial charge in [0.05, 0.1) is 13.2 Å². The molecule has 2 rings (SSSR count). The van der Waals surface area contributed by atoms with Crippen LogP contribution < -0.4 is 10.6 Å². The number of hydrogen-bond donors (Lipinski definition) is 2. The normalized spacial score (nSPS) is 11.0. The Hall–Kier alpha value is -1.67. The molecule has 0 saturated carbocycles. The van der Waals surface area contributed by atoms with Gasteiger partial charge in [-0.3, -0.25) is 0 Å². The molecule has 0 spiro atoms. The minimum Gasteiger partial charge on any atom is -0.381 e. The minimum absolute atomic E-state index is 0. The number of benzene rings is 2. The fourth-order valence-electron chi connectivity index (χ4n) is 2.57. The van der Waals surface area contributed by atoms with Gasteiger partial charge >= 0.3 is 0 Å². The van der Waals surface area contributed by atoms with Crippen LogP contribution in [0.3, 0.4) is 0 Å². The fourth-order valence-corrected chi connectivity index (χ4v) is 2.57. The smallest absolute Gasteiger partial charge is 0.191 e. The van der Waals surface area contributed by atoms with Crippen LogP contribution in [0.2, 0.25) is 0 Å². The SMILES string of the molecule is CCNC(=NCc1ccc(F)cc1)NCCCCOCCc1ccccc1.I. The summed E-state index contributed by atoms with van der Waals surface area (Å²) in [6.45, 7) is 5.75. The topological polar surface area (TPSA) is 45.7 Å². The van der Waals surface area contributed by atoms with E-state index in [-0.39, 0.29) is 29.8 Å². The van der Waals surface area contributed by atoms with Crippen molar-refractivity contribution in [3.05, 3.63) is 71.5 Å². The van der Waals surface area contributed by atoms with E-state index in [4.69, 9.17) is 4.74 Å². The summed E-state index contributed by atoms with van der Waals surface area (Å²) in [5.41, 5.74) is 2.30. The predicted molar refractivity (Wildman–Crippen MR) is 125 cm³/mol. The Bertz CT molecular complexity index is 665. The van der Waals surface area contributed by atoms with E-state index in [2.05, 4.69) is 39.9 Å². The quantitative estimate of drug-likeness (QED) is 0.207. The number of nitrogens with zero attached hydrogens (tertiary/aromatic N) is 1. The van der Waals surface area contributed by atoms with Crippen LogP contribution in [0.4, 0.5) is 4.39 Å². The van der Waals surface area contributed by atoms with Crippen LogP contribution in [0.5, 0.6) is 0 Å². The third kappa shape index (κ3) is 10.6. The predicted octanol–water partition coefficient (Wildman–Crippen LogP) is 4.54. The van der Waals surface area contributed by atoms with Crippen molar-refractivity contribution in [1.29, 1.82) is 0 Å². The van der Waals surface area contributed by atoms with Crippen molar-refractivity contribution < 1.29 is 9.13 Å². The number of rotatable bonds is 11. The van der Waals surface area contributed by atoms with E-state index < -0.39 is 0 Å². The monoisotopic (exact) mass is 499 g/mol. The van der Waals surface area contributed by atoms with Gasteiger partial charge in [-0.1, -0.05) is 42.5 Å². The number of nitrogens with one attached hydrogen (secondary N) is 2. The molecule has 0 atom stereocenters. The molecule has 0 unspecified atom stereocenters. The highest BCUT2D eigenvalue weighted by Gasteiger charge is 1.98. The van der Waals surface area contributed by atoms with Crippen molar-refractivity contribution in [2.75, 3.05) is 26.3 Å². The molecule has 28 heavy (non-hydrogen) atoms. The van der Waals surface area contributed by atoms with Gasteiger partial charge in [0.15, 0.2) is 5.96 Å². The standard InChI is InChI=1S/C22H30FN3O.HI/c1-2-24-22(26-18-20-10-12-21(23)13-11-20)25-15-6-7-16-27-17-14-19-8-4-3-5-9-19;/h3-5,8-13H,2,6-7,14-18H2,1H3,(H2,24,25,26);1H. The lowest BCUT2D eigenvalue weighted by atomic mass is 10.2. The highest BCUT2D eigenvalue weighted by atomic mass is 127. The molecule has 6 heteroatoms. The lowest BCUT2D eigenvalue weighted by Crippen LogP contribution is -2.37. The molecule has 4 nitrogen and oxygen atoms in total. The van der Waals surface area contributed by atoms with Gasteiger partial charge in [0.2, 0.25) is 0 Å². The van der Waals surface area contributed by atoms with Gasteiger partial charge in [-0.05, 0) is 49.4 Å². The Morgan fingerprint density at radius 1 is 0.929 bits per heavy atom. The first-order valence-corrected chi connectivity index (χ1v) is 9.66. The molecule has 2 aromatic rings. The second kappa shape index (κ2) is 15.3. The highest BCUT2D eigenvalue weighted by molar-refractivity contribution is 14.0. The van der Waals surface area contributed by atoms with E-state index in [0.29, 0.717) is 6.54 Å². The van der Waals surface area contributed by atoms with Gasteiger partial charge in [-0.2, -0.15) is 0 Å². The van der Waals surface area contributed by atoms with Gasteiger partial charge in [0, 0.05) is 19.7 Å². The number of halogens is 2. The lowest BCUT2D eigenvalue weighted by molar-refractivity contribution is 0.133. The van der Waals surface area contributed by atoms with Crippen molar-refractivity contribution in [3.8, 4) is 0 Å². The zero-order chi connectivity index (χ0) is 19.2. The molecular weight excluding hydrogens is 468 g/mol. The van der Waals surface area contributed by atoms with E-state index in [1.807, 2.05) is 13.0 Å². The number of unbranched alkanes of at least 4 members (excludes halogenated alkanes) is 1. The first kappa shape index (κ1) is 24.4. The molecule has 0 fully saturated rings. The third-order valence-electron chi connectivity index (χ3n) is 4.06. The highest BCUT2D eigenvalue weighted by Crippen LogP contribution is 2.04. The maximum atomic E-state index is 12.9. The van der Waals surface area contributed by atoms with Crippen LogP contribution >= 0.6 is 24.0 Å². The molecule has 2 N–H and O–H groups in total. The van der Waals surface area contributed by atoms with Crippen molar-refractivity contribution in [3.63, 3.8) is 0 Å². The van der Waals surface area contributed by atoms with Crippen molar-refractivity contribution in [1.82, 2.24) is 10.6 Å². The third-order valence-corrected chi connectivity index (χ3v) is 4.06. The first-order valence-electron chi connectivity index (χ1n) is 9.66. The summed E-state index contributed by atoms with van der Waals surface area (Å²) < 4.78 is 18.6. The summed E-state index contributed by atoms with van der Waals surface area (Å²) in [4.78, 5) is 4.53. The Labute approximate surface area is 185 Å². The molecule has 2 aromatic carbocycles. The van der Waals surface area contributed by atoms with Crippen molar-refractivity contribution in [2.45, 2.75) is 32.7 Å². The zero-order valence-electron chi connectivity index (χ0n) is 16.5. The van der Waals surface area contributed by atoms with Gasteiger partial charge < -0.3 is 15.4 Å². The zero-order valence-corrected chi connectivity index (χ0v) is 18.8. The number of guanidine groups is 1. The summed E-state index contributed by atoms with van der Waals surface area (Å²) in [5, 5.41) is 6.56. The molecule has 0 aromatic heterocycles. The van der Waals surface area contributed by atoms with Crippen LogP contribution in [0.25, 0.3) is 0 Å². The Morgan fingerprint density at radius 3 is 2.39 bits per heavy atom. The molecule has 0 bridgehead atoms. The molecule has 0 aliphatic rings. The Kier molecular flexibility index (Phi) is 13.3.